The number of aliphatic hydroxyl groups excluding tert-OH is 1. The van der Waals surface area contributed by atoms with Crippen LogP contribution >= 0.6 is 11.8 Å². The Kier molecular flexibility index (Phi) is 4.34. The van der Waals surface area contributed by atoms with Crippen LogP contribution in [0.2, 0.25) is 0 Å². The van der Waals surface area contributed by atoms with Crippen molar-refractivity contribution in [2.75, 3.05) is 12.4 Å². The van der Waals surface area contributed by atoms with E-state index < -0.39 is 0 Å². The molecule has 20 heavy (non-hydrogen) atoms. The molecule has 1 spiro atoms. The molecule has 2 nitrogen and oxygen atoms in total. The number of hydrogen-bond acceptors (Lipinski definition) is 3. The second kappa shape index (κ2) is 6.04. The lowest BCUT2D eigenvalue weighted by Crippen LogP contribution is -2.48. The maximum absolute atomic E-state index is 13.1. The number of aliphatic hydroxyl groups is 1. The van der Waals surface area contributed by atoms with Crippen molar-refractivity contribution in [1.29, 1.82) is 0 Å². The van der Waals surface area contributed by atoms with E-state index in [-0.39, 0.29) is 17.5 Å². The third-order valence-corrected chi connectivity index (χ3v) is 5.65. The monoisotopic (exact) mass is 296 g/mol. The van der Waals surface area contributed by atoms with Gasteiger partial charge >= 0.3 is 0 Å². The minimum absolute atomic E-state index is 0.0768. The van der Waals surface area contributed by atoms with Gasteiger partial charge < -0.3 is 9.84 Å². The van der Waals surface area contributed by atoms with Gasteiger partial charge in [-0.3, -0.25) is 0 Å². The highest BCUT2D eigenvalue weighted by Gasteiger charge is 2.43. The van der Waals surface area contributed by atoms with E-state index in [0.29, 0.717) is 11.7 Å². The summed E-state index contributed by atoms with van der Waals surface area (Å²) in [4.78, 5) is 0.884. The Hall–Kier alpha value is -0.580. The fraction of sp³-hybridized carbons (Fsp3) is 0.625. The molecule has 1 saturated heterocycles. The van der Waals surface area contributed by atoms with Crippen molar-refractivity contribution >= 4 is 11.8 Å². The van der Waals surface area contributed by atoms with E-state index in [1.54, 1.807) is 6.07 Å². The number of benzene rings is 1. The predicted molar refractivity (Wildman–Crippen MR) is 78.4 cm³/mol. The molecular weight excluding hydrogens is 275 g/mol. The quantitative estimate of drug-likeness (QED) is 0.860. The van der Waals surface area contributed by atoms with Crippen LogP contribution in [0.15, 0.2) is 29.2 Å². The smallest absolute Gasteiger partial charge is 0.124 e. The summed E-state index contributed by atoms with van der Waals surface area (Å²) >= 11 is 1.53. The fourth-order valence-corrected chi connectivity index (χ4v) is 4.19. The highest BCUT2D eigenvalue weighted by molar-refractivity contribution is 7.99. The summed E-state index contributed by atoms with van der Waals surface area (Å²) in [6.07, 6.45) is 5.14. The van der Waals surface area contributed by atoms with Crippen molar-refractivity contribution in [3.05, 3.63) is 30.1 Å². The van der Waals surface area contributed by atoms with Crippen molar-refractivity contribution in [2.24, 2.45) is 5.92 Å². The van der Waals surface area contributed by atoms with Crippen LogP contribution in [0.3, 0.4) is 0 Å². The maximum atomic E-state index is 13.1. The summed E-state index contributed by atoms with van der Waals surface area (Å²) in [5, 5.41) is 10.4. The Morgan fingerprint density at radius 3 is 3.00 bits per heavy atom. The second-order valence-corrected chi connectivity index (χ2v) is 7.07. The van der Waals surface area contributed by atoms with Crippen molar-refractivity contribution in [3.63, 3.8) is 0 Å². The summed E-state index contributed by atoms with van der Waals surface area (Å²) in [7, 11) is 0. The molecular formula is C16H21FO2S. The molecule has 4 heteroatoms. The molecule has 0 aromatic heterocycles. The van der Waals surface area contributed by atoms with Crippen molar-refractivity contribution in [3.8, 4) is 0 Å². The molecule has 1 saturated carbocycles. The van der Waals surface area contributed by atoms with Gasteiger partial charge in [-0.05, 0) is 56.2 Å². The molecule has 2 unspecified atom stereocenters. The van der Waals surface area contributed by atoms with Gasteiger partial charge in [0.15, 0.2) is 0 Å². The van der Waals surface area contributed by atoms with Crippen LogP contribution < -0.4 is 0 Å². The first kappa shape index (κ1) is 14.4. The molecule has 1 heterocycles. The fourth-order valence-electron chi connectivity index (χ4n) is 3.19. The minimum Gasteiger partial charge on any atom is -0.392 e. The number of thioether (sulfide) groups is 1. The molecule has 1 aromatic rings. The number of halogens is 1. The van der Waals surface area contributed by atoms with Crippen LogP contribution in [-0.2, 0) is 4.74 Å². The van der Waals surface area contributed by atoms with E-state index in [0.717, 1.165) is 37.2 Å². The molecule has 1 aromatic carbocycles. The Morgan fingerprint density at radius 2 is 2.30 bits per heavy atom. The Labute approximate surface area is 123 Å². The van der Waals surface area contributed by atoms with E-state index in [4.69, 9.17) is 4.74 Å². The zero-order valence-corrected chi connectivity index (χ0v) is 12.4. The summed E-state index contributed by atoms with van der Waals surface area (Å²) in [6, 6.07) is 6.56. The molecule has 1 N–H and O–H groups in total. The first-order valence-corrected chi connectivity index (χ1v) is 8.36. The van der Waals surface area contributed by atoms with Gasteiger partial charge in [-0.25, -0.2) is 4.39 Å². The molecule has 0 bridgehead atoms. The van der Waals surface area contributed by atoms with E-state index >= 15 is 0 Å². The average molecular weight is 296 g/mol. The normalized spacial score (nSPS) is 26.2. The van der Waals surface area contributed by atoms with Crippen LogP contribution in [0.5, 0.6) is 0 Å². The lowest BCUT2D eigenvalue weighted by atomic mass is 9.71. The molecule has 0 radical (unpaired) electrons. The molecule has 2 atom stereocenters. The molecule has 2 fully saturated rings. The second-order valence-electron chi connectivity index (χ2n) is 5.97. The molecule has 2 aliphatic rings. The first-order valence-electron chi connectivity index (χ1n) is 7.37. The lowest BCUT2D eigenvalue weighted by molar-refractivity contribution is -0.154. The molecule has 1 aliphatic carbocycles. The van der Waals surface area contributed by atoms with Crippen LogP contribution in [0, 0.1) is 11.7 Å². The Morgan fingerprint density at radius 1 is 1.45 bits per heavy atom. The summed E-state index contributed by atoms with van der Waals surface area (Å²) in [5.74, 6) is 0.735. The topological polar surface area (TPSA) is 29.5 Å². The number of rotatable bonds is 4. The largest absolute Gasteiger partial charge is 0.392 e. The van der Waals surface area contributed by atoms with E-state index in [9.17, 15) is 9.50 Å². The van der Waals surface area contributed by atoms with Crippen LogP contribution in [0.1, 0.15) is 32.1 Å². The lowest BCUT2D eigenvalue weighted by Gasteiger charge is -2.48. The minimum atomic E-state index is -0.329. The predicted octanol–water partition coefficient (Wildman–Crippen LogP) is 3.63. The van der Waals surface area contributed by atoms with Gasteiger partial charge in [-0.1, -0.05) is 6.07 Å². The standard InChI is InChI=1S/C16H21FO2S/c17-13-3-1-4-14(9-13)20-11-15(18)12-5-8-19-16(10-12)6-2-7-16/h1,3-4,9,12,15,18H,2,5-8,10-11H2. The van der Waals surface area contributed by atoms with Gasteiger partial charge in [0.25, 0.3) is 0 Å². The van der Waals surface area contributed by atoms with E-state index in [1.165, 1.54) is 30.3 Å². The summed E-state index contributed by atoms with van der Waals surface area (Å²) in [5.41, 5.74) is 0.0768. The third-order valence-electron chi connectivity index (χ3n) is 4.56. The van der Waals surface area contributed by atoms with Crippen LogP contribution in [0.4, 0.5) is 4.39 Å². The molecule has 0 amide bonds. The summed E-state index contributed by atoms with van der Waals surface area (Å²) in [6.45, 7) is 0.770. The van der Waals surface area contributed by atoms with Crippen LogP contribution in [0.25, 0.3) is 0 Å². The number of ether oxygens (including phenoxy) is 1. The van der Waals surface area contributed by atoms with Crippen molar-refractivity contribution in [2.45, 2.75) is 48.7 Å². The van der Waals surface area contributed by atoms with Gasteiger partial charge in [0.05, 0.1) is 11.7 Å². The highest BCUT2D eigenvalue weighted by Crippen LogP contribution is 2.45. The van der Waals surface area contributed by atoms with Gasteiger partial charge in [0, 0.05) is 17.3 Å². The maximum Gasteiger partial charge on any atom is 0.124 e. The van der Waals surface area contributed by atoms with Gasteiger partial charge in [-0.15, -0.1) is 11.8 Å². The first-order chi connectivity index (χ1) is 9.67. The summed E-state index contributed by atoms with van der Waals surface area (Å²) < 4.78 is 19.0. The van der Waals surface area contributed by atoms with E-state index in [1.807, 2.05) is 6.07 Å². The average Bonchev–Trinajstić information content (AvgIpc) is 2.43. The van der Waals surface area contributed by atoms with Gasteiger partial charge in [0.1, 0.15) is 5.82 Å². The Balaban J connectivity index is 1.52. The molecule has 1 aliphatic heterocycles. The van der Waals surface area contributed by atoms with Crippen LogP contribution in [-0.4, -0.2) is 29.2 Å². The van der Waals surface area contributed by atoms with Crippen molar-refractivity contribution in [1.82, 2.24) is 0 Å². The zero-order valence-electron chi connectivity index (χ0n) is 11.6. The SMILES string of the molecule is OC(CSc1cccc(F)c1)C1CCOC2(CCC2)C1. The zero-order chi connectivity index (χ0) is 14.0. The van der Waals surface area contributed by atoms with Crippen molar-refractivity contribution < 1.29 is 14.2 Å². The third kappa shape index (κ3) is 3.18. The van der Waals surface area contributed by atoms with E-state index in [2.05, 4.69) is 0 Å². The molecule has 110 valence electrons. The van der Waals surface area contributed by atoms with Gasteiger partial charge in [0.2, 0.25) is 0 Å². The highest BCUT2D eigenvalue weighted by atomic mass is 32.2. The molecule has 3 rings (SSSR count). The number of hydrogen-bond donors (Lipinski definition) is 1. The Bertz CT molecular complexity index is 462. The van der Waals surface area contributed by atoms with Gasteiger partial charge in [-0.2, -0.15) is 0 Å².